The maximum Gasteiger partial charge on any atom is 0.318 e. The van der Waals surface area contributed by atoms with Gasteiger partial charge in [-0.3, -0.25) is 4.90 Å². The molecule has 1 aliphatic heterocycles. The second-order valence-electron chi connectivity index (χ2n) is 6.49. The highest BCUT2D eigenvalue weighted by atomic mass is 16.5. The highest BCUT2D eigenvalue weighted by Gasteiger charge is 2.29. The van der Waals surface area contributed by atoms with Crippen LogP contribution in [-0.2, 0) is 11.3 Å². The van der Waals surface area contributed by atoms with Crippen molar-refractivity contribution < 1.29 is 9.53 Å². The van der Waals surface area contributed by atoms with Crippen molar-refractivity contribution in [3.05, 3.63) is 24.0 Å². The average molecular weight is 320 g/mol. The summed E-state index contributed by atoms with van der Waals surface area (Å²) in [5.41, 5.74) is 1.21. The number of hydrogen-bond donors (Lipinski definition) is 1. The van der Waals surface area contributed by atoms with E-state index >= 15 is 0 Å². The molecule has 0 aromatic carbocycles. The SMILES string of the molecule is COCCN(CCNC(=O)N1CCn2cccc2C1C)C1CC1. The van der Waals surface area contributed by atoms with Crippen LogP contribution < -0.4 is 5.32 Å². The van der Waals surface area contributed by atoms with Gasteiger partial charge in [0.05, 0.1) is 12.6 Å². The molecule has 1 aromatic rings. The van der Waals surface area contributed by atoms with Crippen molar-refractivity contribution in [2.75, 3.05) is 39.9 Å². The molecule has 2 amide bonds. The van der Waals surface area contributed by atoms with Crippen molar-refractivity contribution in [1.82, 2.24) is 19.7 Å². The Kier molecular flexibility index (Phi) is 5.23. The summed E-state index contributed by atoms with van der Waals surface area (Å²) in [5, 5.41) is 3.09. The second-order valence-corrected chi connectivity index (χ2v) is 6.49. The Morgan fingerprint density at radius 1 is 1.39 bits per heavy atom. The van der Waals surface area contributed by atoms with Crippen LogP contribution >= 0.6 is 0 Å². The highest BCUT2D eigenvalue weighted by molar-refractivity contribution is 5.74. The smallest absolute Gasteiger partial charge is 0.318 e. The molecule has 128 valence electrons. The number of amides is 2. The Bertz CT molecular complexity index is 526. The third kappa shape index (κ3) is 3.87. The summed E-state index contributed by atoms with van der Waals surface area (Å²) in [6, 6.07) is 5.03. The van der Waals surface area contributed by atoms with Crippen LogP contribution in [0, 0.1) is 0 Å². The van der Waals surface area contributed by atoms with Crippen LogP contribution in [0.2, 0.25) is 0 Å². The van der Waals surface area contributed by atoms with Gasteiger partial charge in [-0.15, -0.1) is 0 Å². The Balaban J connectivity index is 1.46. The number of ether oxygens (including phenoxy) is 1. The van der Waals surface area contributed by atoms with E-state index in [1.807, 2.05) is 4.90 Å². The van der Waals surface area contributed by atoms with Crippen molar-refractivity contribution in [3.63, 3.8) is 0 Å². The van der Waals surface area contributed by atoms with E-state index in [4.69, 9.17) is 4.74 Å². The van der Waals surface area contributed by atoms with Crippen LogP contribution in [0.4, 0.5) is 4.79 Å². The van der Waals surface area contributed by atoms with Crippen molar-refractivity contribution in [2.45, 2.75) is 38.4 Å². The largest absolute Gasteiger partial charge is 0.383 e. The third-order valence-corrected chi connectivity index (χ3v) is 4.92. The van der Waals surface area contributed by atoms with Crippen LogP contribution in [0.5, 0.6) is 0 Å². The molecule has 2 heterocycles. The lowest BCUT2D eigenvalue weighted by molar-refractivity contribution is 0.140. The van der Waals surface area contributed by atoms with Gasteiger partial charge >= 0.3 is 6.03 Å². The van der Waals surface area contributed by atoms with Gasteiger partial charge in [-0.1, -0.05) is 0 Å². The zero-order valence-corrected chi connectivity index (χ0v) is 14.2. The van der Waals surface area contributed by atoms with E-state index < -0.39 is 0 Å². The molecule has 2 aliphatic rings. The summed E-state index contributed by atoms with van der Waals surface area (Å²) in [7, 11) is 1.74. The van der Waals surface area contributed by atoms with E-state index in [1.165, 1.54) is 18.5 Å². The molecule has 1 fully saturated rings. The number of fused-ring (bicyclic) bond motifs is 1. The third-order valence-electron chi connectivity index (χ3n) is 4.92. The number of carbonyl (C=O) groups is 1. The lowest BCUT2D eigenvalue weighted by atomic mass is 10.1. The van der Waals surface area contributed by atoms with Crippen molar-refractivity contribution in [2.24, 2.45) is 0 Å². The molecule has 6 nitrogen and oxygen atoms in total. The quantitative estimate of drug-likeness (QED) is 0.832. The van der Waals surface area contributed by atoms with Gasteiger partial charge in [0.2, 0.25) is 0 Å². The van der Waals surface area contributed by atoms with Crippen molar-refractivity contribution >= 4 is 6.03 Å². The van der Waals surface area contributed by atoms with Gasteiger partial charge in [-0.05, 0) is 31.9 Å². The first-order valence-corrected chi connectivity index (χ1v) is 8.63. The van der Waals surface area contributed by atoms with E-state index in [1.54, 1.807) is 7.11 Å². The molecule has 1 unspecified atom stereocenters. The van der Waals surface area contributed by atoms with Crippen LogP contribution in [0.15, 0.2) is 18.3 Å². The Labute approximate surface area is 138 Å². The molecular weight excluding hydrogens is 292 g/mol. The van der Waals surface area contributed by atoms with Gasteiger partial charge < -0.3 is 19.5 Å². The maximum atomic E-state index is 12.5. The highest BCUT2D eigenvalue weighted by Crippen LogP contribution is 2.26. The van der Waals surface area contributed by atoms with Crippen LogP contribution in [0.3, 0.4) is 0 Å². The molecule has 23 heavy (non-hydrogen) atoms. The first-order valence-electron chi connectivity index (χ1n) is 8.63. The monoisotopic (exact) mass is 320 g/mol. The molecule has 1 aliphatic carbocycles. The number of carbonyl (C=O) groups excluding carboxylic acids is 1. The second kappa shape index (κ2) is 7.36. The van der Waals surface area contributed by atoms with E-state index in [0.717, 1.165) is 32.8 Å². The maximum absolute atomic E-state index is 12.5. The summed E-state index contributed by atoms with van der Waals surface area (Å²) < 4.78 is 7.40. The summed E-state index contributed by atoms with van der Waals surface area (Å²) in [6.07, 6.45) is 4.64. The number of urea groups is 1. The van der Waals surface area contributed by atoms with E-state index in [0.29, 0.717) is 12.6 Å². The fourth-order valence-electron chi connectivity index (χ4n) is 3.39. The zero-order chi connectivity index (χ0) is 16.2. The van der Waals surface area contributed by atoms with Crippen LogP contribution in [0.25, 0.3) is 0 Å². The Morgan fingerprint density at radius 2 is 2.22 bits per heavy atom. The molecule has 0 bridgehead atoms. The molecule has 1 N–H and O–H groups in total. The summed E-state index contributed by atoms with van der Waals surface area (Å²) in [5.74, 6) is 0. The minimum absolute atomic E-state index is 0.0486. The molecule has 6 heteroatoms. The molecular formula is C17H28N4O2. The molecule has 1 saturated carbocycles. The van der Waals surface area contributed by atoms with Gasteiger partial charge in [-0.25, -0.2) is 4.79 Å². The fourth-order valence-corrected chi connectivity index (χ4v) is 3.39. The molecule has 0 radical (unpaired) electrons. The molecule has 0 spiro atoms. The Morgan fingerprint density at radius 3 is 2.96 bits per heavy atom. The van der Waals surface area contributed by atoms with Crippen LogP contribution in [0.1, 0.15) is 31.5 Å². The lowest BCUT2D eigenvalue weighted by Crippen LogP contribution is -2.48. The summed E-state index contributed by atoms with van der Waals surface area (Å²) in [6.45, 7) is 7.05. The van der Waals surface area contributed by atoms with Crippen molar-refractivity contribution in [1.29, 1.82) is 0 Å². The predicted octanol–water partition coefficient (Wildman–Crippen LogP) is 1.69. The fraction of sp³-hybridized carbons (Fsp3) is 0.706. The number of aromatic nitrogens is 1. The van der Waals surface area contributed by atoms with Crippen LogP contribution in [-0.4, -0.2) is 66.3 Å². The number of rotatable bonds is 7. The van der Waals surface area contributed by atoms with Gasteiger partial charge in [0, 0.05) is 57.8 Å². The van der Waals surface area contributed by atoms with Gasteiger partial charge in [-0.2, -0.15) is 0 Å². The van der Waals surface area contributed by atoms with E-state index in [2.05, 4.69) is 40.0 Å². The molecule has 1 aromatic heterocycles. The molecule has 1 atom stereocenters. The minimum atomic E-state index is 0.0486. The van der Waals surface area contributed by atoms with Gasteiger partial charge in [0.25, 0.3) is 0 Å². The predicted molar refractivity (Wildman–Crippen MR) is 89.4 cm³/mol. The normalized spacial score (nSPS) is 20.7. The van der Waals surface area contributed by atoms with Gasteiger partial charge in [0.1, 0.15) is 0 Å². The number of nitrogens with zero attached hydrogens (tertiary/aromatic N) is 3. The number of hydrogen-bond acceptors (Lipinski definition) is 3. The zero-order valence-electron chi connectivity index (χ0n) is 14.2. The topological polar surface area (TPSA) is 49.7 Å². The lowest BCUT2D eigenvalue weighted by Gasteiger charge is -2.35. The number of methoxy groups -OCH3 is 1. The summed E-state index contributed by atoms with van der Waals surface area (Å²) in [4.78, 5) is 16.8. The molecule has 0 saturated heterocycles. The van der Waals surface area contributed by atoms with Crippen molar-refractivity contribution in [3.8, 4) is 0 Å². The van der Waals surface area contributed by atoms with E-state index in [-0.39, 0.29) is 12.1 Å². The Hall–Kier alpha value is -1.53. The van der Waals surface area contributed by atoms with E-state index in [9.17, 15) is 4.79 Å². The summed E-state index contributed by atoms with van der Waals surface area (Å²) >= 11 is 0. The standard InChI is InChI=1S/C17H28N4O2/c1-14-16-4-3-8-20(16)10-11-21(14)17(22)18-7-9-19(12-13-23-2)15-5-6-15/h3-4,8,14-15H,5-7,9-13H2,1-2H3,(H,18,22). The molecule has 3 rings (SSSR count). The van der Waals surface area contributed by atoms with Gasteiger partial charge in [0.15, 0.2) is 0 Å². The first-order chi connectivity index (χ1) is 11.2. The first kappa shape index (κ1) is 16.3. The average Bonchev–Trinajstić information content (AvgIpc) is 3.27. The number of nitrogens with one attached hydrogen (secondary N) is 1. The minimum Gasteiger partial charge on any atom is -0.383 e.